The number of nitrogens with one attached hydrogen (secondary N) is 1. The first-order valence-corrected chi connectivity index (χ1v) is 6.98. The lowest BCUT2D eigenvalue weighted by Crippen LogP contribution is -2.39. The molecule has 1 fully saturated rings. The Kier molecular flexibility index (Phi) is 5.44. The van der Waals surface area contributed by atoms with Gasteiger partial charge in [0.2, 0.25) is 5.91 Å². The van der Waals surface area contributed by atoms with Crippen LogP contribution in [0.25, 0.3) is 0 Å². The lowest BCUT2D eigenvalue weighted by atomic mass is 9.81. The highest BCUT2D eigenvalue weighted by atomic mass is 16.2. The van der Waals surface area contributed by atoms with Gasteiger partial charge < -0.3 is 11.1 Å². The van der Waals surface area contributed by atoms with Crippen molar-refractivity contribution in [1.82, 2.24) is 5.32 Å². The third kappa shape index (κ3) is 4.30. The van der Waals surface area contributed by atoms with Crippen LogP contribution < -0.4 is 11.1 Å². The maximum atomic E-state index is 11.9. The average molecular weight is 240 g/mol. The molecule has 0 radical (unpaired) electrons. The second-order valence-electron chi connectivity index (χ2n) is 6.07. The monoisotopic (exact) mass is 240 g/mol. The fraction of sp³-hybridized carbons (Fsp3) is 0.929. The smallest absolute Gasteiger partial charge is 0.225 e. The molecule has 3 heteroatoms. The molecule has 3 N–H and O–H groups in total. The van der Waals surface area contributed by atoms with Crippen LogP contribution in [0.15, 0.2) is 0 Å². The van der Waals surface area contributed by atoms with Gasteiger partial charge in [0.25, 0.3) is 0 Å². The van der Waals surface area contributed by atoms with Crippen LogP contribution in [0, 0.1) is 17.3 Å². The Hall–Kier alpha value is -0.570. The average Bonchev–Trinajstić information content (AvgIpc) is 2.36. The molecule has 17 heavy (non-hydrogen) atoms. The third-order valence-corrected chi connectivity index (χ3v) is 4.35. The van der Waals surface area contributed by atoms with Crippen molar-refractivity contribution in [2.75, 3.05) is 13.1 Å². The molecule has 0 spiro atoms. The van der Waals surface area contributed by atoms with Crippen molar-refractivity contribution in [2.24, 2.45) is 23.0 Å². The normalized spacial score (nSPS) is 25.6. The number of hydrogen-bond acceptors (Lipinski definition) is 2. The summed E-state index contributed by atoms with van der Waals surface area (Å²) in [5.41, 5.74) is 5.45. The molecule has 100 valence electrons. The molecule has 1 aliphatic rings. The molecule has 0 aromatic carbocycles. The Morgan fingerprint density at radius 2 is 1.76 bits per heavy atom. The second-order valence-corrected chi connectivity index (χ2v) is 6.07. The van der Waals surface area contributed by atoms with Gasteiger partial charge in [-0.15, -0.1) is 0 Å². The number of nitrogens with two attached hydrogens (primary N) is 1. The van der Waals surface area contributed by atoms with E-state index in [2.05, 4.69) is 12.2 Å². The van der Waals surface area contributed by atoms with Crippen molar-refractivity contribution >= 4 is 5.91 Å². The first-order chi connectivity index (χ1) is 7.99. The molecule has 0 unspecified atom stereocenters. The van der Waals surface area contributed by atoms with Crippen molar-refractivity contribution in [3.05, 3.63) is 0 Å². The molecule has 0 aromatic heterocycles. The Labute approximate surface area is 106 Å². The Bertz CT molecular complexity index is 243. The molecule has 0 aromatic rings. The van der Waals surface area contributed by atoms with E-state index in [-0.39, 0.29) is 11.3 Å². The van der Waals surface area contributed by atoms with Gasteiger partial charge in [-0.25, -0.2) is 0 Å². The minimum Gasteiger partial charge on any atom is -0.355 e. The highest BCUT2D eigenvalue weighted by molar-refractivity contribution is 5.81. The number of carbonyl (C=O) groups is 1. The van der Waals surface area contributed by atoms with Gasteiger partial charge in [-0.1, -0.05) is 20.8 Å². The summed E-state index contributed by atoms with van der Waals surface area (Å²) in [7, 11) is 0. The zero-order chi connectivity index (χ0) is 12.9. The van der Waals surface area contributed by atoms with E-state index in [1.807, 2.05) is 13.8 Å². The van der Waals surface area contributed by atoms with E-state index in [9.17, 15) is 4.79 Å². The van der Waals surface area contributed by atoms with Crippen LogP contribution in [0.5, 0.6) is 0 Å². The molecule has 3 nitrogen and oxygen atoms in total. The topological polar surface area (TPSA) is 55.1 Å². The van der Waals surface area contributed by atoms with E-state index in [0.29, 0.717) is 11.8 Å². The maximum Gasteiger partial charge on any atom is 0.225 e. The SMILES string of the molecule is CCC(C)(C)C(=O)NCC1CCC(CN)CC1. The van der Waals surface area contributed by atoms with E-state index in [0.717, 1.165) is 19.5 Å². The predicted octanol–water partition coefficient (Wildman–Crippen LogP) is 2.30. The number of amides is 1. The largest absolute Gasteiger partial charge is 0.355 e. The van der Waals surface area contributed by atoms with Crippen LogP contribution in [0.3, 0.4) is 0 Å². The summed E-state index contributed by atoms with van der Waals surface area (Å²) in [6, 6.07) is 0. The molecule has 1 aliphatic carbocycles. The van der Waals surface area contributed by atoms with Gasteiger partial charge in [-0.2, -0.15) is 0 Å². The van der Waals surface area contributed by atoms with E-state index >= 15 is 0 Å². The fourth-order valence-electron chi connectivity index (χ4n) is 2.31. The molecular weight excluding hydrogens is 212 g/mol. The highest BCUT2D eigenvalue weighted by Gasteiger charge is 2.26. The van der Waals surface area contributed by atoms with Gasteiger partial charge in [-0.3, -0.25) is 4.79 Å². The molecule has 1 rings (SSSR count). The van der Waals surface area contributed by atoms with Crippen LogP contribution in [-0.2, 0) is 4.79 Å². The number of carbonyl (C=O) groups excluding carboxylic acids is 1. The zero-order valence-electron chi connectivity index (χ0n) is 11.6. The summed E-state index contributed by atoms with van der Waals surface area (Å²) in [5.74, 6) is 1.57. The van der Waals surface area contributed by atoms with Crippen LogP contribution in [0.2, 0.25) is 0 Å². The van der Waals surface area contributed by atoms with Crippen LogP contribution >= 0.6 is 0 Å². The van der Waals surface area contributed by atoms with Gasteiger partial charge in [0.1, 0.15) is 0 Å². The molecule has 0 aliphatic heterocycles. The van der Waals surface area contributed by atoms with Gasteiger partial charge in [-0.05, 0) is 50.5 Å². The van der Waals surface area contributed by atoms with Crippen molar-refractivity contribution in [2.45, 2.75) is 52.9 Å². The van der Waals surface area contributed by atoms with E-state index in [1.165, 1.54) is 25.7 Å². The van der Waals surface area contributed by atoms with Crippen LogP contribution in [0.4, 0.5) is 0 Å². The molecular formula is C14H28N2O. The molecule has 0 atom stereocenters. The summed E-state index contributed by atoms with van der Waals surface area (Å²) in [6.45, 7) is 7.74. The van der Waals surface area contributed by atoms with Crippen LogP contribution in [0.1, 0.15) is 52.9 Å². The minimum atomic E-state index is -0.228. The lowest BCUT2D eigenvalue weighted by Gasteiger charge is -2.29. The maximum absolute atomic E-state index is 11.9. The van der Waals surface area contributed by atoms with E-state index < -0.39 is 0 Å². The molecule has 0 bridgehead atoms. The van der Waals surface area contributed by atoms with Crippen molar-refractivity contribution in [3.8, 4) is 0 Å². The van der Waals surface area contributed by atoms with Crippen molar-refractivity contribution in [1.29, 1.82) is 0 Å². The summed E-state index contributed by atoms with van der Waals surface area (Å²) >= 11 is 0. The minimum absolute atomic E-state index is 0.195. The quantitative estimate of drug-likeness (QED) is 0.774. The zero-order valence-corrected chi connectivity index (χ0v) is 11.6. The Balaban J connectivity index is 2.26. The number of rotatable bonds is 5. The molecule has 0 saturated heterocycles. The Morgan fingerprint density at radius 1 is 1.24 bits per heavy atom. The van der Waals surface area contributed by atoms with Crippen molar-refractivity contribution in [3.63, 3.8) is 0 Å². The summed E-state index contributed by atoms with van der Waals surface area (Å²) in [6.07, 6.45) is 5.78. The third-order valence-electron chi connectivity index (χ3n) is 4.35. The van der Waals surface area contributed by atoms with Crippen molar-refractivity contribution < 1.29 is 4.79 Å². The second kappa shape index (κ2) is 6.39. The van der Waals surface area contributed by atoms with Gasteiger partial charge in [0.05, 0.1) is 0 Å². The highest BCUT2D eigenvalue weighted by Crippen LogP contribution is 2.28. The first kappa shape index (κ1) is 14.5. The fourth-order valence-corrected chi connectivity index (χ4v) is 2.31. The molecule has 0 heterocycles. The summed E-state index contributed by atoms with van der Waals surface area (Å²) < 4.78 is 0. The summed E-state index contributed by atoms with van der Waals surface area (Å²) in [5, 5.41) is 3.11. The van der Waals surface area contributed by atoms with E-state index in [4.69, 9.17) is 5.73 Å². The first-order valence-electron chi connectivity index (χ1n) is 6.98. The van der Waals surface area contributed by atoms with Gasteiger partial charge in [0.15, 0.2) is 0 Å². The standard InChI is InChI=1S/C14H28N2O/c1-4-14(2,3)13(17)16-10-12-7-5-11(9-15)6-8-12/h11-12H,4-10,15H2,1-3H3,(H,16,17). The van der Waals surface area contributed by atoms with E-state index in [1.54, 1.807) is 0 Å². The lowest BCUT2D eigenvalue weighted by molar-refractivity contribution is -0.129. The molecule has 1 amide bonds. The predicted molar refractivity (Wildman–Crippen MR) is 71.6 cm³/mol. The molecule has 1 saturated carbocycles. The van der Waals surface area contributed by atoms with Gasteiger partial charge >= 0.3 is 0 Å². The summed E-state index contributed by atoms with van der Waals surface area (Å²) in [4.78, 5) is 11.9. The van der Waals surface area contributed by atoms with Crippen LogP contribution in [-0.4, -0.2) is 19.0 Å². The Morgan fingerprint density at radius 3 is 2.24 bits per heavy atom. The van der Waals surface area contributed by atoms with Gasteiger partial charge in [0, 0.05) is 12.0 Å². The number of hydrogen-bond donors (Lipinski definition) is 2.